The summed E-state index contributed by atoms with van der Waals surface area (Å²) in [4.78, 5) is 2.41. The van der Waals surface area contributed by atoms with E-state index >= 15 is 0 Å². The maximum absolute atomic E-state index is 6.04. The first-order chi connectivity index (χ1) is 8.70. The van der Waals surface area contributed by atoms with Gasteiger partial charge >= 0.3 is 0 Å². The third-order valence-electron chi connectivity index (χ3n) is 4.71. The normalized spacial score (nSPS) is 36.5. The number of nitrogens with one attached hydrogen (secondary N) is 1. The lowest BCUT2D eigenvalue weighted by molar-refractivity contribution is -0.0530. The Bertz CT molecular complexity index is 239. The van der Waals surface area contributed by atoms with Gasteiger partial charge in [0.25, 0.3) is 0 Å². The van der Waals surface area contributed by atoms with E-state index in [2.05, 4.69) is 31.1 Å². The fourth-order valence-corrected chi connectivity index (χ4v) is 3.51. The molecule has 2 unspecified atom stereocenters. The van der Waals surface area contributed by atoms with E-state index in [0.717, 1.165) is 38.1 Å². The van der Waals surface area contributed by atoms with E-state index in [4.69, 9.17) is 4.74 Å². The van der Waals surface area contributed by atoms with Crippen molar-refractivity contribution in [3.05, 3.63) is 0 Å². The van der Waals surface area contributed by atoms with Crippen molar-refractivity contribution in [3.63, 3.8) is 0 Å². The fourth-order valence-electron chi connectivity index (χ4n) is 3.51. The first kappa shape index (κ1) is 14.3. The molecule has 1 saturated heterocycles. The molecule has 1 saturated carbocycles. The molecule has 2 fully saturated rings. The lowest BCUT2D eigenvalue weighted by Crippen LogP contribution is -2.54. The molecular weight excluding hydrogens is 224 g/mol. The van der Waals surface area contributed by atoms with E-state index in [1.54, 1.807) is 0 Å². The molecule has 1 N–H and O–H groups in total. The Hall–Kier alpha value is -0.120. The van der Waals surface area contributed by atoms with Crippen molar-refractivity contribution in [3.8, 4) is 0 Å². The van der Waals surface area contributed by atoms with E-state index in [0.29, 0.717) is 12.1 Å². The van der Waals surface area contributed by atoms with Crippen LogP contribution in [0, 0.1) is 11.8 Å². The van der Waals surface area contributed by atoms with Crippen molar-refractivity contribution in [2.24, 2.45) is 11.8 Å². The van der Waals surface area contributed by atoms with Gasteiger partial charge in [-0.2, -0.15) is 0 Å². The van der Waals surface area contributed by atoms with Crippen LogP contribution in [-0.2, 0) is 4.74 Å². The van der Waals surface area contributed by atoms with Gasteiger partial charge in [-0.25, -0.2) is 0 Å². The molecular formula is C15H30N2O. The summed E-state index contributed by atoms with van der Waals surface area (Å²) in [5.41, 5.74) is 0. The summed E-state index contributed by atoms with van der Waals surface area (Å²) in [6, 6.07) is 0.560. The molecule has 3 nitrogen and oxygen atoms in total. The average molecular weight is 254 g/mol. The van der Waals surface area contributed by atoms with Crippen molar-refractivity contribution in [2.75, 3.05) is 33.3 Å². The van der Waals surface area contributed by atoms with Gasteiger partial charge < -0.3 is 15.0 Å². The molecule has 2 rings (SSSR count). The van der Waals surface area contributed by atoms with E-state index in [-0.39, 0.29) is 0 Å². The van der Waals surface area contributed by atoms with Crippen LogP contribution in [0.1, 0.15) is 39.5 Å². The van der Waals surface area contributed by atoms with Crippen molar-refractivity contribution < 1.29 is 4.74 Å². The number of morpholine rings is 1. The highest BCUT2D eigenvalue weighted by Gasteiger charge is 2.33. The van der Waals surface area contributed by atoms with Gasteiger partial charge in [0.2, 0.25) is 0 Å². The van der Waals surface area contributed by atoms with Crippen molar-refractivity contribution in [1.29, 1.82) is 0 Å². The van der Waals surface area contributed by atoms with Crippen LogP contribution in [0.3, 0.4) is 0 Å². The molecule has 0 aromatic carbocycles. The Balaban J connectivity index is 1.93. The number of ether oxygens (including phenoxy) is 1. The van der Waals surface area contributed by atoms with E-state index in [1.807, 2.05) is 0 Å². The summed E-state index contributed by atoms with van der Waals surface area (Å²) in [6.07, 6.45) is 5.94. The quantitative estimate of drug-likeness (QED) is 0.832. The Morgan fingerprint density at radius 1 is 1.28 bits per heavy atom. The summed E-state index contributed by atoms with van der Waals surface area (Å²) in [6.45, 7) is 8.72. The highest BCUT2D eigenvalue weighted by molar-refractivity contribution is 4.89. The molecule has 2 aliphatic rings. The van der Waals surface area contributed by atoms with Crippen molar-refractivity contribution >= 4 is 0 Å². The smallest absolute Gasteiger partial charge is 0.0857 e. The first-order valence-corrected chi connectivity index (χ1v) is 7.74. The second kappa shape index (κ2) is 6.88. The molecule has 1 aliphatic carbocycles. The van der Waals surface area contributed by atoms with Crippen LogP contribution < -0.4 is 5.32 Å². The standard InChI is InChI=1S/C15H30N2O/c1-4-16-15(13-7-5-12(2)6-8-13)14-11-17(3)9-10-18-14/h12-16H,4-11H2,1-3H3. The maximum Gasteiger partial charge on any atom is 0.0857 e. The Kier molecular flexibility index (Phi) is 5.46. The summed E-state index contributed by atoms with van der Waals surface area (Å²) >= 11 is 0. The Morgan fingerprint density at radius 2 is 2.00 bits per heavy atom. The van der Waals surface area contributed by atoms with Crippen LogP contribution in [-0.4, -0.2) is 50.3 Å². The molecule has 106 valence electrons. The lowest BCUT2D eigenvalue weighted by atomic mass is 9.77. The van der Waals surface area contributed by atoms with Crippen LogP contribution >= 0.6 is 0 Å². The highest BCUT2D eigenvalue weighted by atomic mass is 16.5. The average Bonchev–Trinajstić information content (AvgIpc) is 2.37. The number of hydrogen-bond acceptors (Lipinski definition) is 3. The van der Waals surface area contributed by atoms with Crippen molar-refractivity contribution in [1.82, 2.24) is 10.2 Å². The van der Waals surface area contributed by atoms with Gasteiger partial charge in [-0.15, -0.1) is 0 Å². The van der Waals surface area contributed by atoms with Gasteiger partial charge in [0.1, 0.15) is 0 Å². The highest BCUT2D eigenvalue weighted by Crippen LogP contribution is 2.32. The molecule has 0 aromatic rings. The van der Waals surface area contributed by atoms with Gasteiger partial charge in [-0.05, 0) is 38.3 Å². The zero-order chi connectivity index (χ0) is 13.0. The molecule has 0 bridgehead atoms. The Morgan fingerprint density at radius 3 is 2.61 bits per heavy atom. The summed E-state index contributed by atoms with van der Waals surface area (Å²) in [5, 5.41) is 3.71. The van der Waals surface area contributed by atoms with Crippen molar-refractivity contribution in [2.45, 2.75) is 51.7 Å². The SMILES string of the molecule is CCNC(C1CCC(C)CC1)C1CN(C)CCO1. The molecule has 1 aliphatic heterocycles. The molecule has 0 aromatic heterocycles. The van der Waals surface area contributed by atoms with E-state index < -0.39 is 0 Å². The zero-order valence-corrected chi connectivity index (χ0v) is 12.3. The van der Waals surface area contributed by atoms with Crippen LogP contribution in [0.5, 0.6) is 0 Å². The maximum atomic E-state index is 6.04. The molecule has 0 amide bonds. The molecule has 18 heavy (non-hydrogen) atoms. The predicted molar refractivity (Wildman–Crippen MR) is 75.8 cm³/mol. The minimum absolute atomic E-state index is 0.391. The van der Waals surface area contributed by atoms with Crippen LogP contribution in [0.25, 0.3) is 0 Å². The van der Waals surface area contributed by atoms with Gasteiger partial charge in [0.15, 0.2) is 0 Å². The number of rotatable bonds is 4. The first-order valence-electron chi connectivity index (χ1n) is 7.74. The van der Waals surface area contributed by atoms with E-state index in [1.165, 1.54) is 25.7 Å². The van der Waals surface area contributed by atoms with Gasteiger partial charge in [0.05, 0.1) is 12.7 Å². The molecule has 3 heteroatoms. The zero-order valence-electron chi connectivity index (χ0n) is 12.3. The summed E-state index contributed by atoms with van der Waals surface area (Å²) in [5.74, 6) is 1.75. The fraction of sp³-hybridized carbons (Fsp3) is 1.00. The minimum Gasteiger partial charge on any atom is -0.374 e. The molecule has 0 spiro atoms. The minimum atomic E-state index is 0.391. The summed E-state index contributed by atoms with van der Waals surface area (Å²) < 4.78 is 6.04. The van der Waals surface area contributed by atoms with E-state index in [9.17, 15) is 0 Å². The molecule has 1 heterocycles. The largest absolute Gasteiger partial charge is 0.374 e. The van der Waals surface area contributed by atoms with Crippen LogP contribution in [0.2, 0.25) is 0 Å². The topological polar surface area (TPSA) is 24.5 Å². The van der Waals surface area contributed by atoms with Crippen LogP contribution in [0.15, 0.2) is 0 Å². The third-order valence-corrected chi connectivity index (χ3v) is 4.71. The summed E-state index contributed by atoms with van der Waals surface area (Å²) in [7, 11) is 2.21. The second-order valence-electron chi connectivity index (χ2n) is 6.27. The number of nitrogens with zero attached hydrogens (tertiary/aromatic N) is 1. The lowest BCUT2D eigenvalue weighted by Gasteiger charge is -2.41. The Labute approximate surface area is 112 Å². The van der Waals surface area contributed by atoms with Gasteiger partial charge in [-0.3, -0.25) is 0 Å². The number of hydrogen-bond donors (Lipinski definition) is 1. The molecule has 0 radical (unpaired) electrons. The van der Waals surface area contributed by atoms with Gasteiger partial charge in [0, 0.05) is 19.1 Å². The van der Waals surface area contributed by atoms with Gasteiger partial charge in [-0.1, -0.05) is 26.7 Å². The monoisotopic (exact) mass is 254 g/mol. The number of likely N-dealkylation sites (N-methyl/N-ethyl adjacent to an activating group) is 2. The predicted octanol–water partition coefficient (Wildman–Crippen LogP) is 2.12. The third kappa shape index (κ3) is 3.69. The molecule has 2 atom stereocenters. The van der Waals surface area contributed by atoms with Crippen LogP contribution in [0.4, 0.5) is 0 Å². The second-order valence-corrected chi connectivity index (χ2v) is 6.27.